The molecule has 0 aromatic heterocycles. The van der Waals surface area contributed by atoms with Gasteiger partial charge in [-0.25, -0.2) is 0 Å². The second-order valence-electron chi connectivity index (χ2n) is 1.28. The Balaban J connectivity index is 3.29. The first-order valence-corrected chi connectivity index (χ1v) is 2.45. The summed E-state index contributed by atoms with van der Waals surface area (Å²) in [7, 11) is 0. The van der Waals surface area contributed by atoms with Gasteiger partial charge in [-0.2, -0.15) is 0 Å². The first kappa shape index (κ1) is 7.03. The van der Waals surface area contributed by atoms with Gasteiger partial charge in [0.2, 0.25) is 0 Å². The standard InChI is InChI=1S/C6H8O2/c1-2-3-4-5-6(7)8/h2,5H2,1H3,(H,7,8). The third-order valence-corrected chi connectivity index (χ3v) is 0.541. The molecular formula is C6H8O2. The van der Waals surface area contributed by atoms with E-state index in [1.165, 1.54) is 0 Å². The summed E-state index contributed by atoms with van der Waals surface area (Å²) in [6.45, 7) is 1.88. The van der Waals surface area contributed by atoms with Crippen molar-refractivity contribution in [3.05, 3.63) is 0 Å². The zero-order chi connectivity index (χ0) is 6.41. The lowest BCUT2D eigenvalue weighted by Gasteiger charge is -1.75. The molecule has 0 aliphatic rings. The van der Waals surface area contributed by atoms with Crippen molar-refractivity contribution < 1.29 is 9.90 Å². The molecule has 1 N–H and O–H groups in total. The van der Waals surface area contributed by atoms with Crippen molar-refractivity contribution in [1.82, 2.24) is 0 Å². The Labute approximate surface area is 48.5 Å². The number of rotatable bonds is 1. The molecule has 0 aliphatic carbocycles. The molecule has 8 heavy (non-hydrogen) atoms. The molecule has 0 saturated carbocycles. The zero-order valence-corrected chi connectivity index (χ0v) is 4.77. The lowest BCUT2D eigenvalue weighted by molar-refractivity contribution is -0.135. The van der Waals surface area contributed by atoms with E-state index >= 15 is 0 Å². The van der Waals surface area contributed by atoms with Crippen LogP contribution in [0.25, 0.3) is 0 Å². The molecule has 0 saturated heterocycles. The molecule has 0 bridgehead atoms. The van der Waals surface area contributed by atoms with Gasteiger partial charge >= 0.3 is 5.97 Å². The van der Waals surface area contributed by atoms with Crippen LogP contribution in [-0.2, 0) is 4.79 Å². The van der Waals surface area contributed by atoms with Gasteiger partial charge in [0.1, 0.15) is 6.42 Å². The van der Waals surface area contributed by atoms with Crippen LogP contribution in [0.15, 0.2) is 0 Å². The molecule has 0 amide bonds. The average molecular weight is 112 g/mol. The molecule has 0 rings (SSSR count). The van der Waals surface area contributed by atoms with Gasteiger partial charge in [-0.1, -0.05) is 12.8 Å². The molecule has 0 aromatic rings. The van der Waals surface area contributed by atoms with Gasteiger partial charge in [0.25, 0.3) is 0 Å². The molecule has 0 aromatic carbocycles. The molecule has 0 atom stereocenters. The van der Waals surface area contributed by atoms with Crippen LogP contribution in [0.3, 0.4) is 0 Å². The maximum absolute atomic E-state index is 9.77. The first-order valence-electron chi connectivity index (χ1n) is 2.45. The summed E-state index contributed by atoms with van der Waals surface area (Å²) in [4.78, 5) is 9.77. The van der Waals surface area contributed by atoms with Gasteiger partial charge in [-0.05, 0) is 0 Å². The first-order chi connectivity index (χ1) is 3.77. The predicted octanol–water partition coefficient (Wildman–Crippen LogP) is 0.875. The van der Waals surface area contributed by atoms with Crippen molar-refractivity contribution in [2.45, 2.75) is 19.8 Å². The van der Waals surface area contributed by atoms with Gasteiger partial charge in [-0.3, -0.25) is 4.79 Å². The monoisotopic (exact) mass is 112 g/mol. The SMILES string of the molecule is CCC#CCC(=O)O. The quantitative estimate of drug-likeness (QED) is 0.511. The van der Waals surface area contributed by atoms with E-state index in [1.807, 2.05) is 6.92 Å². The Morgan fingerprint density at radius 2 is 2.25 bits per heavy atom. The number of carboxylic acids is 1. The summed E-state index contributed by atoms with van der Waals surface area (Å²) in [6.07, 6.45) is 0.696. The van der Waals surface area contributed by atoms with Gasteiger partial charge in [0, 0.05) is 6.42 Å². The van der Waals surface area contributed by atoms with Crippen LogP contribution in [0.2, 0.25) is 0 Å². The topological polar surface area (TPSA) is 37.3 Å². The maximum atomic E-state index is 9.77. The highest BCUT2D eigenvalue weighted by Crippen LogP contribution is 1.74. The van der Waals surface area contributed by atoms with E-state index in [4.69, 9.17) is 5.11 Å². The zero-order valence-electron chi connectivity index (χ0n) is 4.77. The molecule has 2 nitrogen and oxygen atoms in total. The van der Waals surface area contributed by atoms with E-state index in [9.17, 15) is 4.79 Å². The van der Waals surface area contributed by atoms with Gasteiger partial charge in [0.05, 0.1) is 0 Å². The number of aliphatic carboxylic acids is 1. The highest BCUT2D eigenvalue weighted by Gasteiger charge is 1.86. The Morgan fingerprint density at radius 3 is 2.62 bits per heavy atom. The molecule has 0 radical (unpaired) electrons. The summed E-state index contributed by atoms with van der Waals surface area (Å²) < 4.78 is 0. The third kappa shape index (κ3) is 5.03. The molecule has 0 heterocycles. The Kier molecular flexibility index (Phi) is 3.69. The fourth-order valence-electron chi connectivity index (χ4n) is 0.263. The van der Waals surface area contributed by atoms with Gasteiger partial charge in [0.15, 0.2) is 0 Å². The number of hydrogen-bond acceptors (Lipinski definition) is 1. The Morgan fingerprint density at radius 1 is 1.62 bits per heavy atom. The van der Waals surface area contributed by atoms with Crippen LogP contribution in [0, 0.1) is 11.8 Å². The van der Waals surface area contributed by atoms with Crippen molar-refractivity contribution >= 4 is 5.97 Å². The van der Waals surface area contributed by atoms with Crippen molar-refractivity contribution in [3.63, 3.8) is 0 Å². The van der Waals surface area contributed by atoms with Crippen LogP contribution in [0.4, 0.5) is 0 Å². The van der Waals surface area contributed by atoms with E-state index in [0.29, 0.717) is 0 Å². The smallest absolute Gasteiger partial charge is 0.315 e. The normalized spacial score (nSPS) is 7.12. The van der Waals surface area contributed by atoms with E-state index in [0.717, 1.165) is 6.42 Å². The molecule has 2 heteroatoms. The van der Waals surface area contributed by atoms with E-state index in [2.05, 4.69) is 11.8 Å². The minimum atomic E-state index is -0.856. The van der Waals surface area contributed by atoms with Crippen LogP contribution >= 0.6 is 0 Å². The van der Waals surface area contributed by atoms with E-state index in [1.54, 1.807) is 0 Å². The molecule has 0 spiro atoms. The summed E-state index contributed by atoms with van der Waals surface area (Å²) >= 11 is 0. The van der Waals surface area contributed by atoms with E-state index in [-0.39, 0.29) is 6.42 Å². The number of carboxylic acid groups (broad SMARTS) is 1. The molecule has 0 aliphatic heterocycles. The summed E-state index contributed by atoms with van der Waals surface area (Å²) in [5, 5.41) is 8.04. The Bertz CT molecular complexity index is 127. The summed E-state index contributed by atoms with van der Waals surface area (Å²) in [5.74, 6) is 4.28. The fraction of sp³-hybridized carbons (Fsp3) is 0.500. The summed E-state index contributed by atoms with van der Waals surface area (Å²) in [6, 6.07) is 0. The fourth-order valence-corrected chi connectivity index (χ4v) is 0.263. The van der Waals surface area contributed by atoms with Gasteiger partial charge < -0.3 is 5.11 Å². The predicted molar refractivity (Wildman–Crippen MR) is 30.3 cm³/mol. The summed E-state index contributed by atoms with van der Waals surface area (Å²) in [5.41, 5.74) is 0. The second-order valence-corrected chi connectivity index (χ2v) is 1.28. The highest BCUT2D eigenvalue weighted by molar-refractivity contribution is 5.69. The number of carbonyl (C=O) groups is 1. The minimum absolute atomic E-state index is 0.0339. The molecule has 44 valence electrons. The van der Waals surface area contributed by atoms with Gasteiger partial charge in [-0.15, -0.1) is 5.92 Å². The number of hydrogen-bond donors (Lipinski definition) is 1. The second kappa shape index (κ2) is 4.20. The van der Waals surface area contributed by atoms with Crippen molar-refractivity contribution in [2.24, 2.45) is 0 Å². The van der Waals surface area contributed by atoms with Crippen LogP contribution in [0.1, 0.15) is 19.8 Å². The molecular weight excluding hydrogens is 104 g/mol. The highest BCUT2D eigenvalue weighted by atomic mass is 16.4. The van der Waals surface area contributed by atoms with E-state index < -0.39 is 5.97 Å². The van der Waals surface area contributed by atoms with Crippen LogP contribution in [-0.4, -0.2) is 11.1 Å². The lowest BCUT2D eigenvalue weighted by atomic mass is 10.4. The average Bonchev–Trinajstić information content (AvgIpc) is 1.66. The molecule has 0 fully saturated rings. The molecule has 0 unspecified atom stereocenters. The third-order valence-electron chi connectivity index (χ3n) is 0.541. The van der Waals surface area contributed by atoms with Crippen molar-refractivity contribution in [3.8, 4) is 11.8 Å². The minimum Gasteiger partial charge on any atom is -0.481 e. The largest absolute Gasteiger partial charge is 0.481 e. The van der Waals surface area contributed by atoms with Crippen molar-refractivity contribution in [1.29, 1.82) is 0 Å². The van der Waals surface area contributed by atoms with Crippen LogP contribution < -0.4 is 0 Å². The maximum Gasteiger partial charge on any atom is 0.315 e. The van der Waals surface area contributed by atoms with Crippen molar-refractivity contribution in [2.75, 3.05) is 0 Å². The van der Waals surface area contributed by atoms with Crippen LogP contribution in [0.5, 0.6) is 0 Å². The lowest BCUT2D eigenvalue weighted by Crippen LogP contribution is -1.89. The Hall–Kier alpha value is -0.970.